The minimum absolute atomic E-state index is 0.0763. The molecule has 2 aromatic rings. The van der Waals surface area contributed by atoms with Crippen LogP contribution in [0.1, 0.15) is 23.6 Å². The highest BCUT2D eigenvalue weighted by atomic mass is 19.1. The highest BCUT2D eigenvalue weighted by molar-refractivity contribution is 5.21. The molecule has 0 aliphatic carbocycles. The number of aliphatic hydroxyl groups excluding tert-OH is 1. The molecular formula is C16H20FN3O. The van der Waals surface area contributed by atoms with E-state index in [2.05, 4.69) is 10.00 Å². The smallest absolute Gasteiger partial charge is 0.123 e. The van der Waals surface area contributed by atoms with E-state index in [1.54, 1.807) is 12.1 Å². The van der Waals surface area contributed by atoms with E-state index in [0.29, 0.717) is 13.0 Å². The van der Waals surface area contributed by atoms with Crippen LogP contribution in [0.3, 0.4) is 0 Å². The van der Waals surface area contributed by atoms with Crippen molar-refractivity contribution in [2.75, 3.05) is 13.1 Å². The van der Waals surface area contributed by atoms with Gasteiger partial charge in [0.15, 0.2) is 0 Å². The number of likely N-dealkylation sites (tertiary alicyclic amines) is 1. The molecule has 2 atom stereocenters. The van der Waals surface area contributed by atoms with Gasteiger partial charge in [0.05, 0.1) is 18.8 Å². The number of benzene rings is 1. The fourth-order valence-electron chi connectivity index (χ4n) is 3.01. The first kappa shape index (κ1) is 14.2. The molecule has 3 rings (SSSR count). The second-order valence-electron chi connectivity index (χ2n) is 5.74. The standard InChI is InChI=1S/C16H20FN3O/c1-12-9-18-20(10-12)6-5-19-11-15(21)8-16(19)13-3-2-4-14(17)7-13/h2-4,7,9-10,15-16,21H,5-6,8,11H2,1H3/t15-,16+/m1/s1. The third-order valence-corrected chi connectivity index (χ3v) is 3.99. The summed E-state index contributed by atoms with van der Waals surface area (Å²) in [5.41, 5.74) is 2.07. The first-order valence-corrected chi connectivity index (χ1v) is 7.28. The second kappa shape index (κ2) is 5.95. The van der Waals surface area contributed by atoms with Crippen LogP contribution in [0, 0.1) is 12.7 Å². The van der Waals surface area contributed by atoms with Gasteiger partial charge in [-0.25, -0.2) is 4.39 Å². The lowest BCUT2D eigenvalue weighted by molar-refractivity contribution is 0.172. The molecule has 112 valence electrons. The molecule has 0 saturated carbocycles. The van der Waals surface area contributed by atoms with Crippen LogP contribution in [0.25, 0.3) is 0 Å². The Bertz CT molecular complexity index is 613. The quantitative estimate of drug-likeness (QED) is 0.937. The monoisotopic (exact) mass is 289 g/mol. The molecule has 4 nitrogen and oxygen atoms in total. The van der Waals surface area contributed by atoms with Gasteiger partial charge in [0, 0.05) is 25.3 Å². The first-order valence-electron chi connectivity index (χ1n) is 7.28. The van der Waals surface area contributed by atoms with Crippen molar-refractivity contribution in [1.82, 2.24) is 14.7 Å². The molecule has 1 aliphatic rings. The molecule has 1 aliphatic heterocycles. The molecule has 1 saturated heterocycles. The van der Waals surface area contributed by atoms with E-state index in [4.69, 9.17) is 0 Å². The van der Waals surface area contributed by atoms with Gasteiger partial charge in [0.1, 0.15) is 5.82 Å². The van der Waals surface area contributed by atoms with Crippen LogP contribution in [-0.2, 0) is 6.54 Å². The fourth-order valence-corrected chi connectivity index (χ4v) is 3.01. The highest BCUT2D eigenvalue weighted by Crippen LogP contribution is 2.32. The molecule has 1 fully saturated rings. The lowest BCUT2D eigenvalue weighted by atomic mass is 10.0. The lowest BCUT2D eigenvalue weighted by Crippen LogP contribution is -2.28. The SMILES string of the molecule is Cc1cnn(CCN2C[C@H](O)C[C@H]2c2cccc(F)c2)c1. The summed E-state index contributed by atoms with van der Waals surface area (Å²) in [6.45, 7) is 4.20. The molecule has 1 aromatic heterocycles. The van der Waals surface area contributed by atoms with Gasteiger partial charge in [-0.05, 0) is 36.6 Å². The summed E-state index contributed by atoms with van der Waals surface area (Å²) < 4.78 is 15.3. The third kappa shape index (κ3) is 3.31. The van der Waals surface area contributed by atoms with Gasteiger partial charge in [0.2, 0.25) is 0 Å². The number of aromatic nitrogens is 2. The van der Waals surface area contributed by atoms with Crippen LogP contribution >= 0.6 is 0 Å². The molecular weight excluding hydrogens is 269 g/mol. The zero-order chi connectivity index (χ0) is 14.8. The third-order valence-electron chi connectivity index (χ3n) is 3.99. The molecule has 0 amide bonds. The topological polar surface area (TPSA) is 41.3 Å². The van der Waals surface area contributed by atoms with Gasteiger partial charge in [0.25, 0.3) is 0 Å². The number of rotatable bonds is 4. The Morgan fingerprint density at radius 2 is 2.24 bits per heavy atom. The molecule has 1 N–H and O–H groups in total. The van der Waals surface area contributed by atoms with Crippen LogP contribution in [0.5, 0.6) is 0 Å². The molecule has 0 bridgehead atoms. The van der Waals surface area contributed by atoms with Gasteiger partial charge >= 0.3 is 0 Å². The van der Waals surface area contributed by atoms with Crippen molar-refractivity contribution in [2.45, 2.75) is 32.0 Å². The summed E-state index contributed by atoms with van der Waals surface area (Å²) in [4.78, 5) is 2.20. The molecule has 0 radical (unpaired) electrons. The Morgan fingerprint density at radius 1 is 1.38 bits per heavy atom. The number of hydrogen-bond donors (Lipinski definition) is 1. The maximum atomic E-state index is 13.4. The van der Waals surface area contributed by atoms with E-state index in [1.165, 1.54) is 6.07 Å². The van der Waals surface area contributed by atoms with Crippen molar-refractivity contribution in [3.8, 4) is 0 Å². The van der Waals surface area contributed by atoms with E-state index in [0.717, 1.165) is 24.2 Å². The maximum Gasteiger partial charge on any atom is 0.123 e. The highest BCUT2D eigenvalue weighted by Gasteiger charge is 2.31. The zero-order valence-electron chi connectivity index (χ0n) is 12.1. The Kier molecular flexibility index (Phi) is 4.03. The number of nitrogens with zero attached hydrogens (tertiary/aromatic N) is 3. The van der Waals surface area contributed by atoms with Gasteiger partial charge in [-0.1, -0.05) is 12.1 Å². The molecule has 1 aromatic carbocycles. The van der Waals surface area contributed by atoms with Crippen molar-refractivity contribution in [1.29, 1.82) is 0 Å². The van der Waals surface area contributed by atoms with Crippen LogP contribution in [0.4, 0.5) is 4.39 Å². The van der Waals surface area contributed by atoms with Crippen molar-refractivity contribution in [3.63, 3.8) is 0 Å². The average molecular weight is 289 g/mol. The normalized spacial score (nSPS) is 22.8. The van der Waals surface area contributed by atoms with E-state index >= 15 is 0 Å². The van der Waals surface area contributed by atoms with Crippen molar-refractivity contribution in [3.05, 3.63) is 53.6 Å². The first-order chi connectivity index (χ1) is 10.1. The summed E-state index contributed by atoms with van der Waals surface area (Å²) >= 11 is 0. The van der Waals surface area contributed by atoms with Gasteiger partial charge in [-0.2, -0.15) is 5.10 Å². The number of aryl methyl sites for hydroxylation is 1. The van der Waals surface area contributed by atoms with Crippen LogP contribution in [0.2, 0.25) is 0 Å². The van der Waals surface area contributed by atoms with Crippen LogP contribution in [-0.4, -0.2) is 39.0 Å². The summed E-state index contributed by atoms with van der Waals surface area (Å²) in [5, 5.41) is 14.2. The molecule has 0 unspecified atom stereocenters. The Hall–Kier alpha value is -1.72. The Labute approximate surface area is 123 Å². The van der Waals surface area contributed by atoms with E-state index < -0.39 is 0 Å². The molecule has 21 heavy (non-hydrogen) atoms. The largest absolute Gasteiger partial charge is 0.392 e. The zero-order valence-corrected chi connectivity index (χ0v) is 12.1. The van der Waals surface area contributed by atoms with Crippen LogP contribution in [0.15, 0.2) is 36.7 Å². The summed E-state index contributed by atoms with van der Waals surface area (Å²) in [5.74, 6) is -0.225. The minimum Gasteiger partial charge on any atom is -0.392 e. The summed E-state index contributed by atoms with van der Waals surface area (Å²) in [6.07, 6.45) is 4.14. The van der Waals surface area contributed by atoms with Gasteiger partial charge in [-0.15, -0.1) is 0 Å². The number of aliphatic hydroxyl groups is 1. The Morgan fingerprint density at radius 3 is 2.95 bits per heavy atom. The predicted octanol–water partition coefficient (Wildman–Crippen LogP) is 2.14. The number of hydrogen-bond acceptors (Lipinski definition) is 3. The Balaban J connectivity index is 1.70. The van der Waals surface area contributed by atoms with Crippen molar-refractivity contribution >= 4 is 0 Å². The van der Waals surface area contributed by atoms with Crippen molar-refractivity contribution < 1.29 is 9.50 Å². The average Bonchev–Trinajstić information content (AvgIpc) is 3.02. The summed E-state index contributed by atoms with van der Waals surface area (Å²) in [6, 6.07) is 6.74. The number of β-amino-alcohol motifs (C(OH)–C–C–N with tert-alkyl or cyclic N) is 1. The van der Waals surface area contributed by atoms with Gasteiger partial charge < -0.3 is 5.11 Å². The molecule has 0 spiro atoms. The fraction of sp³-hybridized carbons (Fsp3) is 0.438. The van der Waals surface area contributed by atoms with Crippen LogP contribution < -0.4 is 0 Å². The van der Waals surface area contributed by atoms with E-state index in [1.807, 2.05) is 30.1 Å². The van der Waals surface area contributed by atoms with Crippen molar-refractivity contribution in [2.24, 2.45) is 0 Å². The maximum absolute atomic E-state index is 13.4. The minimum atomic E-state index is -0.349. The lowest BCUT2D eigenvalue weighted by Gasteiger charge is -2.24. The predicted molar refractivity (Wildman–Crippen MR) is 78.3 cm³/mol. The van der Waals surface area contributed by atoms with E-state index in [9.17, 15) is 9.50 Å². The number of halogens is 1. The van der Waals surface area contributed by atoms with E-state index in [-0.39, 0.29) is 18.0 Å². The summed E-state index contributed by atoms with van der Waals surface area (Å²) in [7, 11) is 0. The van der Waals surface area contributed by atoms with Gasteiger partial charge in [-0.3, -0.25) is 9.58 Å². The second-order valence-corrected chi connectivity index (χ2v) is 5.74. The molecule has 5 heteroatoms. The molecule has 2 heterocycles.